The fraction of sp³-hybridized carbons (Fsp3) is 0.462. The Labute approximate surface area is 106 Å². The molecule has 0 aliphatic carbocycles. The zero-order valence-electron chi connectivity index (χ0n) is 9.85. The molecule has 0 bridgehead atoms. The quantitative estimate of drug-likeness (QED) is 0.856. The summed E-state index contributed by atoms with van der Waals surface area (Å²) < 4.78 is 0. The normalized spacial score (nSPS) is 20.5. The molecule has 1 aromatic carbocycles. The Morgan fingerprint density at radius 2 is 2.35 bits per heavy atom. The number of aliphatic hydroxyl groups is 1. The van der Waals surface area contributed by atoms with Gasteiger partial charge in [0.1, 0.15) is 5.25 Å². The highest BCUT2D eigenvalue weighted by molar-refractivity contribution is 8.00. The minimum Gasteiger partial charge on any atom is -0.392 e. The first-order valence-electron chi connectivity index (χ1n) is 5.83. The molecule has 1 aliphatic heterocycles. The number of amides is 1. The lowest BCUT2D eigenvalue weighted by atomic mass is 10.0. The number of carbonyl (C=O) groups is 1. The van der Waals surface area contributed by atoms with E-state index < -0.39 is 6.10 Å². The molecule has 2 rings (SSSR count). The van der Waals surface area contributed by atoms with Gasteiger partial charge in [0.15, 0.2) is 0 Å². The van der Waals surface area contributed by atoms with Crippen LogP contribution in [0.1, 0.15) is 23.3 Å². The van der Waals surface area contributed by atoms with Gasteiger partial charge in [-0.1, -0.05) is 24.3 Å². The van der Waals surface area contributed by atoms with Crippen LogP contribution in [-0.4, -0.2) is 29.4 Å². The van der Waals surface area contributed by atoms with Gasteiger partial charge in [-0.25, -0.2) is 0 Å². The van der Waals surface area contributed by atoms with Crippen molar-refractivity contribution >= 4 is 17.7 Å². The zero-order valence-corrected chi connectivity index (χ0v) is 10.7. The second-order valence-electron chi connectivity index (χ2n) is 4.29. The highest BCUT2D eigenvalue weighted by atomic mass is 32.2. The van der Waals surface area contributed by atoms with Gasteiger partial charge in [0.2, 0.25) is 5.91 Å². The summed E-state index contributed by atoms with van der Waals surface area (Å²) >= 11 is 1.67. The lowest BCUT2D eigenvalue weighted by molar-refractivity contribution is -0.121. The smallest absolute Gasteiger partial charge is 0.237 e. The van der Waals surface area contributed by atoms with Gasteiger partial charge in [0.25, 0.3) is 0 Å². The molecule has 3 nitrogen and oxygen atoms in total. The van der Waals surface area contributed by atoms with Gasteiger partial charge in [-0.15, -0.1) is 11.8 Å². The maximum atomic E-state index is 12.0. The molecule has 2 N–H and O–H groups in total. The van der Waals surface area contributed by atoms with E-state index in [0.717, 1.165) is 17.7 Å². The van der Waals surface area contributed by atoms with E-state index in [1.807, 2.05) is 18.2 Å². The molecule has 0 saturated carbocycles. The molecule has 2 unspecified atom stereocenters. The van der Waals surface area contributed by atoms with Crippen LogP contribution in [0.3, 0.4) is 0 Å². The van der Waals surface area contributed by atoms with Crippen molar-refractivity contribution in [2.45, 2.75) is 24.7 Å². The van der Waals surface area contributed by atoms with Crippen molar-refractivity contribution in [2.75, 3.05) is 12.3 Å². The Hall–Kier alpha value is -1.00. The van der Waals surface area contributed by atoms with Crippen molar-refractivity contribution < 1.29 is 9.90 Å². The van der Waals surface area contributed by atoms with E-state index in [4.69, 9.17) is 0 Å². The highest BCUT2D eigenvalue weighted by Crippen LogP contribution is 2.36. The average molecular weight is 251 g/mol. The summed E-state index contributed by atoms with van der Waals surface area (Å²) in [6.45, 7) is 1.99. The van der Waals surface area contributed by atoms with Crippen LogP contribution in [0, 0.1) is 0 Å². The maximum Gasteiger partial charge on any atom is 0.237 e. The third-order valence-electron chi connectivity index (χ3n) is 2.80. The summed E-state index contributed by atoms with van der Waals surface area (Å²) in [5.74, 6) is 0.979. The molecule has 0 spiro atoms. The van der Waals surface area contributed by atoms with Crippen molar-refractivity contribution in [2.24, 2.45) is 0 Å². The van der Waals surface area contributed by atoms with Gasteiger partial charge in [-0.05, 0) is 30.2 Å². The molecule has 0 saturated heterocycles. The number of aryl methyl sites for hydroxylation is 1. The van der Waals surface area contributed by atoms with Crippen LogP contribution in [0.5, 0.6) is 0 Å². The number of fused-ring (bicyclic) bond motifs is 1. The number of rotatable bonds is 3. The molecule has 1 aliphatic rings. The van der Waals surface area contributed by atoms with Gasteiger partial charge < -0.3 is 10.4 Å². The Bertz CT molecular complexity index is 406. The number of nitrogens with one attached hydrogen (secondary N) is 1. The van der Waals surface area contributed by atoms with Gasteiger partial charge >= 0.3 is 0 Å². The molecular formula is C13H17NO2S. The first-order valence-corrected chi connectivity index (χ1v) is 6.88. The van der Waals surface area contributed by atoms with E-state index in [9.17, 15) is 9.90 Å². The number of carbonyl (C=O) groups excluding carboxylic acids is 1. The van der Waals surface area contributed by atoms with Crippen LogP contribution in [-0.2, 0) is 11.2 Å². The molecular weight excluding hydrogens is 234 g/mol. The molecule has 17 heavy (non-hydrogen) atoms. The van der Waals surface area contributed by atoms with Crippen LogP contribution >= 0.6 is 11.8 Å². The van der Waals surface area contributed by atoms with Crippen LogP contribution in [0.2, 0.25) is 0 Å². The Morgan fingerprint density at radius 1 is 1.59 bits per heavy atom. The summed E-state index contributed by atoms with van der Waals surface area (Å²) in [5, 5.41) is 11.8. The monoisotopic (exact) mass is 251 g/mol. The lowest BCUT2D eigenvalue weighted by Gasteiger charge is -2.24. The summed E-state index contributed by atoms with van der Waals surface area (Å²) in [4.78, 5) is 12.0. The summed E-state index contributed by atoms with van der Waals surface area (Å²) in [7, 11) is 0. The van der Waals surface area contributed by atoms with Gasteiger partial charge in [0.05, 0.1) is 6.10 Å². The fourth-order valence-electron chi connectivity index (χ4n) is 1.95. The number of benzene rings is 1. The number of aliphatic hydroxyl groups excluding tert-OH is 1. The third-order valence-corrected chi connectivity index (χ3v) is 4.04. The fourth-order valence-corrected chi connectivity index (χ4v) is 3.17. The van der Waals surface area contributed by atoms with Crippen molar-refractivity contribution in [3.05, 3.63) is 35.4 Å². The van der Waals surface area contributed by atoms with E-state index in [1.165, 1.54) is 5.56 Å². The first-order chi connectivity index (χ1) is 8.18. The van der Waals surface area contributed by atoms with Crippen molar-refractivity contribution in [3.63, 3.8) is 0 Å². The number of hydrogen-bond acceptors (Lipinski definition) is 3. The Kier molecular flexibility index (Phi) is 4.07. The van der Waals surface area contributed by atoms with E-state index in [0.29, 0.717) is 6.54 Å². The molecule has 0 aromatic heterocycles. The number of hydrogen-bond donors (Lipinski definition) is 2. The van der Waals surface area contributed by atoms with Crippen molar-refractivity contribution in [3.8, 4) is 0 Å². The zero-order chi connectivity index (χ0) is 12.3. The third kappa shape index (κ3) is 3.01. The van der Waals surface area contributed by atoms with Gasteiger partial charge in [0, 0.05) is 6.54 Å². The molecule has 0 radical (unpaired) electrons. The summed E-state index contributed by atoms with van der Waals surface area (Å²) in [6, 6.07) is 8.09. The summed E-state index contributed by atoms with van der Waals surface area (Å²) in [5.41, 5.74) is 2.38. The predicted octanol–water partition coefficient (Wildman–Crippen LogP) is 1.51. The second kappa shape index (κ2) is 5.56. The standard InChI is InChI=1S/C13H17NO2S/c1-9(15)8-14-13(16)12-11-5-3-2-4-10(11)6-7-17-12/h2-5,9,12,15H,6-8H2,1H3,(H,14,16). The topological polar surface area (TPSA) is 49.3 Å². The van der Waals surface area contributed by atoms with Gasteiger partial charge in [-0.2, -0.15) is 0 Å². The van der Waals surface area contributed by atoms with E-state index in [1.54, 1.807) is 18.7 Å². The molecule has 2 atom stereocenters. The molecule has 1 amide bonds. The Morgan fingerprint density at radius 3 is 3.12 bits per heavy atom. The van der Waals surface area contributed by atoms with Crippen molar-refractivity contribution in [1.29, 1.82) is 0 Å². The van der Waals surface area contributed by atoms with Crippen LogP contribution < -0.4 is 5.32 Å². The average Bonchev–Trinajstić information content (AvgIpc) is 2.35. The molecule has 1 heterocycles. The number of thioether (sulfide) groups is 1. The predicted molar refractivity (Wildman–Crippen MR) is 70.0 cm³/mol. The van der Waals surface area contributed by atoms with Crippen LogP contribution in [0.15, 0.2) is 24.3 Å². The molecule has 4 heteroatoms. The van der Waals surface area contributed by atoms with E-state index >= 15 is 0 Å². The van der Waals surface area contributed by atoms with Crippen molar-refractivity contribution in [1.82, 2.24) is 5.32 Å². The van der Waals surface area contributed by atoms with E-state index in [-0.39, 0.29) is 11.2 Å². The molecule has 1 aromatic rings. The summed E-state index contributed by atoms with van der Waals surface area (Å²) in [6.07, 6.45) is 0.531. The van der Waals surface area contributed by atoms with Gasteiger partial charge in [-0.3, -0.25) is 4.79 Å². The highest BCUT2D eigenvalue weighted by Gasteiger charge is 2.26. The Balaban J connectivity index is 2.10. The van der Waals surface area contributed by atoms with Crippen LogP contribution in [0.25, 0.3) is 0 Å². The van der Waals surface area contributed by atoms with Crippen LogP contribution in [0.4, 0.5) is 0 Å². The second-order valence-corrected chi connectivity index (χ2v) is 5.51. The van der Waals surface area contributed by atoms with E-state index in [2.05, 4.69) is 11.4 Å². The minimum absolute atomic E-state index is 0.00282. The molecule has 92 valence electrons. The minimum atomic E-state index is -0.497. The lowest BCUT2D eigenvalue weighted by Crippen LogP contribution is -2.34. The largest absolute Gasteiger partial charge is 0.392 e. The molecule has 0 fully saturated rings. The SMILES string of the molecule is CC(O)CNC(=O)C1SCCc2ccccc21. The first kappa shape index (κ1) is 12.5. The maximum absolute atomic E-state index is 12.0.